The number of aliphatic hydroxyl groups is 1. The zero-order valence-electron chi connectivity index (χ0n) is 45.6. The van der Waals surface area contributed by atoms with Crippen molar-refractivity contribution in [3.63, 3.8) is 0 Å². The van der Waals surface area contributed by atoms with E-state index in [-0.39, 0.29) is 25.9 Å². The Balaban J connectivity index is 4.78. The third-order valence-electron chi connectivity index (χ3n) is 11.8. The van der Waals surface area contributed by atoms with Crippen molar-refractivity contribution in [3.05, 3.63) is 85.1 Å². The third-order valence-corrected chi connectivity index (χ3v) is 12.7. The molecular formula is C60H103O11P. The van der Waals surface area contributed by atoms with Crippen molar-refractivity contribution >= 4 is 25.7 Å². The second-order valence-electron chi connectivity index (χ2n) is 18.7. The van der Waals surface area contributed by atoms with Gasteiger partial charge in [-0.05, 0) is 116 Å². The Hall–Kier alpha value is -3.34. The maximum absolute atomic E-state index is 12.9. The lowest BCUT2D eigenvalue weighted by atomic mass is 10.1. The molecule has 0 fully saturated rings. The molecule has 3 atom stereocenters. The van der Waals surface area contributed by atoms with Crippen molar-refractivity contribution in [2.24, 2.45) is 0 Å². The third kappa shape index (κ3) is 51.6. The van der Waals surface area contributed by atoms with Crippen LogP contribution in [0.4, 0.5) is 0 Å². The highest BCUT2D eigenvalue weighted by molar-refractivity contribution is 7.47. The first-order valence-corrected chi connectivity index (χ1v) is 30.0. The van der Waals surface area contributed by atoms with Crippen molar-refractivity contribution in [3.8, 4) is 0 Å². The van der Waals surface area contributed by atoms with Crippen LogP contribution in [0.25, 0.3) is 0 Å². The highest BCUT2D eigenvalue weighted by atomic mass is 31.2. The monoisotopic (exact) mass is 1030 g/mol. The van der Waals surface area contributed by atoms with Crippen LogP contribution >= 0.6 is 7.82 Å². The lowest BCUT2D eigenvalue weighted by Crippen LogP contribution is -2.30. The van der Waals surface area contributed by atoms with Gasteiger partial charge in [-0.2, -0.15) is 0 Å². The fourth-order valence-electron chi connectivity index (χ4n) is 7.43. The van der Waals surface area contributed by atoms with Gasteiger partial charge in [0, 0.05) is 19.3 Å². The van der Waals surface area contributed by atoms with Gasteiger partial charge in [-0.3, -0.25) is 23.4 Å². The highest BCUT2D eigenvalue weighted by Crippen LogP contribution is 2.43. The Bertz CT molecular complexity index is 1530. The molecule has 0 heterocycles. The first-order chi connectivity index (χ1) is 35.2. The first-order valence-electron chi connectivity index (χ1n) is 28.5. The summed E-state index contributed by atoms with van der Waals surface area (Å²) in [5, 5.41) is 9.80. The molecule has 414 valence electrons. The van der Waals surface area contributed by atoms with Crippen LogP contribution in [0, 0.1) is 0 Å². The normalized spacial score (nSPS) is 14.0. The van der Waals surface area contributed by atoms with Crippen LogP contribution in [0.15, 0.2) is 85.1 Å². The number of hydrogen-bond donors (Lipinski definition) is 2. The van der Waals surface area contributed by atoms with E-state index in [2.05, 4.69) is 106 Å². The molecule has 0 aromatic rings. The Kier molecular flexibility index (Phi) is 51.4. The van der Waals surface area contributed by atoms with Crippen LogP contribution < -0.4 is 0 Å². The van der Waals surface area contributed by atoms with E-state index in [4.69, 9.17) is 23.3 Å². The smallest absolute Gasteiger partial charge is 0.462 e. The Morgan fingerprint density at radius 3 is 1.14 bits per heavy atom. The fourth-order valence-corrected chi connectivity index (χ4v) is 8.21. The van der Waals surface area contributed by atoms with Gasteiger partial charge in [0.25, 0.3) is 0 Å². The number of allylic oxidation sites excluding steroid dienone is 14. The summed E-state index contributed by atoms with van der Waals surface area (Å²) in [7, 11) is -4.76. The predicted molar refractivity (Wildman–Crippen MR) is 298 cm³/mol. The number of carbonyl (C=O) groups is 3. The van der Waals surface area contributed by atoms with Crippen molar-refractivity contribution in [2.45, 2.75) is 251 Å². The lowest BCUT2D eigenvalue weighted by molar-refractivity contribution is -0.161. The molecule has 72 heavy (non-hydrogen) atoms. The molecule has 12 heteroatoms. The number of unbranched alkanes of at least 4 members (excludes halogenated alkanes) is 21. The van der Waals surface area contributed by atoms with E-state index in [9.17, 15) is 28.9 Å². The van der Waals surface area contributed by atoms with Gasteiger partial charge in [0.05, 0.1) is 19.8 Å². The second-order valence-corrected chi connectivity index (χ2v) is 20.2. The van der Waals surface area contributed by atoms with Gasteiger partial charge in [-0.25, -0.2) is 4.57 Å². The number of aliphatic hydroxyl groups excluding tert-OH is 1. The van der Waals surface area contributed by atoms with Crippen LogP contribution in [-0.2, 0) is 42.2 Å². The molecule has 0 spiro atoms. The molecule has 0 radical (unpaired) electrons. The van der Waals surface area contributed by atoms with Gasteiger partial charge in [0.15, 0.2) is 6.10 Å². The largest absolute Gasteiger partial charge is 0.472 e. The van der Waals surface area contributed by atoms with Crippen molar-refractivity contribution in [2.75, 3.05) is 26.4 Å². The number of hydrogen-bond acceptors (Lipinski definition) is 10. The number of phosphoric ester groups is 1. The van der Waals surface area contributed by atoms with E-state index < -0.39 is 57.8 Å². The molecule has 0 aliphatic carbocycles. The number of phosphoric acid groups is 1. The molecule has 0 aromatic heterocycles. The molecule has 0 amide bonds. The molecule has 0 bridgehead atoms. The van der Waals surface area contributed by atoms with Crippen LogP contribution in [0.2, 0.25) is 0 Å². The Morgan fingerprint density at radius 1 is 0.403 bits per heavy atom. The maximum atomic E-state index is 12.9. The zero-order chi connectivity index (χ0) is 52.7. The summed E-state index contributed by atoms with van der Waals surface area (Å²) in [6, 6.07) is 0. The van der Waals surface area contributed by atoms with E-state index >= 15 is 0 Å². The van der Waals surface area contributed by atoms with Crippen molar-refractivity contribution < 1.29 is 52.2 Å². The topological polar surface area (TPSA) is 155 Å². The van der Waals surface area contributed by atoms with E-state index in [0.29, 0.717) is 19.3 Å². The van der Waals surface area contributed by atoms with Gasteiger partial charge >= 0.3 is 25.7 Å². The summed E-state index contributed by atoms with van der Waals surface area (Å²) in [4.78, 5) is 48.5. The van der Waals surface area contributed by atoms with Crippen molar-refractivity contribution in [1.29, 1.82) is 0 Å². The van der Waals surface area contributed by atoms with Gasteiger partial charge in [-0.15, -0.1) is 0 Å². The van der Waals surface area contributed by atoms with Gasteiger partial charge in [-0.1, -0.05) is 189 Å². The van der Waals surface area contributed by atoms with E-state index in [1.54, 1.807) is 0 Å². The van der Waals surface area contributed by atoms with E-state index in [1.807, 2.05) is 0 Å². The minimum Gasteiger partial charge on any atom is -0.462 e. The molecule has 0 aliphatic heterocycles. The average molecular weight is 1030 g/mol. The summed E-state index contributed by atoms with van der Waals surface area (Å²) in [5.41, 5.74) is 0. The Labute approximate surface area is 439 Å². The van der Waals surface area contributed by atoms with E-state index in [1.165, 1.54) is 51.4 Å². The van der Waals surface area contributed by atoms with E-state index in [0.717, 1.165) is 128 Å². The SMILES string of the molecule is CC/C=C\C/C=C\C/C=C\C/C=C\C/C=C\CCCCCC(=O)OCC(COP(=O)(O)OCC(CO)OC(=O)CCCCCCC/C=C\CCCCCC)OC(=O)CCCCCCC/C=C\CCCCCC. The Morgan fingerprint density at radius 2 is 0.722 bits per heavy atom. The highest BCUT2D eigenvalue weighted by Gasteiger charge is 2.28. The summed E-state index contributed by atoms with van der Waals surface area (Å²) < 4.78 is 39.4. The molecule has 3 unspecified atom stereocenters. The molecule has 0 saturated heterocycles. The fraction of sp³-hybridized carbons (Fsp3) is 0.717. The summed E-state index contributed by atoms with van der Waals surface area (Å²) in [6.45, 7) is 4.44. The molecule has 0 rings (SSSR count). The summed E-state index contributed by atoms with van der Waals surface area (Å²) >= 11 is 0. The molecule has 0 saturated carbocycles. The number of ether oxygens (including phenoxy) is 3. The van der Waals surface area contributed by atoms with Crippen LogP contribution in [-0.4, -0.2) is 66.5 Å². The lowest BCUT2D eigenvalue weighted by Gasteiger charge is -2.21. The van der Waals surface area contributed by atoms with Crippen molar-refractivity contribution in [1.82, 2.24) is 0 Å². The molecule has 2 N–H and O–H groups in total. The van der Waals surface area contributed by atoms with Gasteiger partial charge in [0.1, 0.15) is 12.7 Å². The summed E-state index contributed by atoms with van der Waals surface area (Å²) in [5.74, 6) is -1.52. The number of esters is 3. The number of rotatable bonds is 52. The maximum Gasteiger partial charge on any atom is 0.472 e. The predicted octanol–water partition coefficient (Wildman–Crippen LogP) is 16.7. The van der Waals surface area contributed by atoms with Gasteiger partial charge in [0.2, 0.25) is 0 Å². The molecule has 0 aliphatic rings. The standard InChI is InChI=1S/C60H103O11P/c1-4-7-10-13-16-19-22-25-26-27-28-29-30-33-34-37-40-43-46-49-58(62)67-53-57(71-60(64)51-48-45-42-39-36-32-24-21-18-15-12-9-6-3)55-69-72(65,66)68-54-56(52-61)70-59(63)50-47-44-41-38-35-31-23-20-17-14-11-8-5-2/h7,10,16,19-21,23-26,28-29,33-34,56-57,61H,4-6,8-9,11-15,17-18,22,27,30-32,35-55H2,1-3H3,(H,65,66)/b10-7-,19-16-,23-20-,24-21-,26-25-,29-28-,34-33-. The molecule has 0 aromatic carbocycles. The second kappa shape index (κ2) is 53.9. The van der Waals surface area contributed by atoms with Gasteiger partial charge < -0.3 is 24.2 Å². The molecular weight excluding hydrogens is 928 g/mol. The minimum atomic E-state index is -4.76. The van der Waals surface area contributed by atoms with Crippen LogP contribution in [0.1, 0.15) is 239 Å². The minimum absolute atomic E-state index is 0.147. The zero-order valence-corrected chi connectivity index (χ0v) is 46.5. The molecule has 11 nitrogen and oxygen atoms in total. The quantitative estimate of drug-likeness (QED) is 0.0197. The average Bonchev–Trinajstić information content (AvgIpc) is 3.37. The number of carbonyl (C=O) groups excluding carboxylic acids is 3. The van der Waals surface area contributed by atoms with Crippen LogP contribution in [0.5, 0.6) is 0 Å². The summed E-state index contributed by atoms with van der Waals surface area (Å²) in [6.07, 6.45) is 61.1. The van der Waals surface area contributed by atoms with Crippen LogP contribution in [0.3, 0.4) is 0 Å². The first kappa shape index (κ1) is 68.7.